The molecule has 148 valence electrons. The average molecular weight is 392 g/mol. The Balaban J connectivity index is 1.73. The summed E-state index contributed by atoms with van der Waals surface area (Å²) < 4.78 is 12.5. The van der Waals surface area contributed by atoms with E-state index in [2.05, 4.69) is 0 Å². The second kappa shape index (κ2) is 6.27. The number of benzene rings is 2. The van der Waals surface area contributed by atoms with Crippen LogP contribution in [-0.2, 0) is 13.0 Å². The van der Waals surface area contributed by atoms with Crippen molar-refractivity contribution in [1.29, 1.82) is 0 Å². The molecule has 0 aliphatic carbocycles. The standard InChI is InChI=1S/C22H20N2O5/c1-12-3-4-16-13(9-12)5-6-23(16)21(26)18-20(25)15-10-14(28-2)11-17-19(15)24(22(18)27)7-8-29-17/h3-4,9-11,25H,5-8H2,1-2H3. The van der Waals surface area contributed by atoms with Gasteiger partial charge in [-0.2, -0.15) is 0 Å². The van der Waals surface area contributed by atoms with E-state index in [9.17, 15) is 14.7 Å². The molecule has 0 atom stereocenters. The first-order valence-electron chi connectivity index (χ1n) is 9.51. The summed E-state index contributed by atoms with van der Waals surface area (Å²) in [7, 11) is 1.51. The van der Waals surface area contributed by atoms with Crippen molar-refractivity contribution in [2.75, 3.05) is 25.2 Å². The Bertz CT molecular complexity index is 1240. The van der Waals surface area contributed by atoms with Gasteiger partial charge in [0.2, 0.25) is 0 Å². The third kappa shape index (κ3) is 2.50. The van der Waals surface area contributed by atoms with Gasteiger partial charge in [0.1, 0.15) is 29.4 Å². The summed E-state index contributed by atoms with van der Waals surface area (Å²) in [5.74, 6) is 0.114. The lowest BCUT2D eigenvalue weighted by atomic mass is 10.1. The Morgan fingerprint density at radius 2 is 2.03 bits per heavy atom. The number of rotatable bonds is 2. The normalized spacial score (nSPS) is 14.6. The molecule has 3 heterocycles. The van der Waals surface area contributed by atoms with Crippen LogP contribution in [-0.4, -0.2) is 35.8 Å². The SMILES string of the molecule is COc1cc2c3c(c1)c(O)c(C(=O)N1CCc4cc(C)ccc41)c(=O)n3CCO2. The molecule has 2 aromatic carbocycles. The van der Waals surface area contributed by atoms with E-state index in [1.807, 2.05) is 25.1 Å². The molecule has 1 N–H and O–H groups in total. The smallest absolute Gasteiger partial charge is 0.267 e. The summed E-state index contributed by atoms with van der Waals surface area (Å²) in [6.07, 6.45) is 0.719. The summed E-state index contributed by atoms with van der Waals surface area (Å²) >= 11 is 0. The number of aryl methyl sites for hydroxylation is 1. The third-order valence-corrected chi connectivity index (χ3v) is 5.67. The van der Waals surface area contributed by atoms with Crippen LogP contribution in [0.25, 0.3) is 10.9 Å². The number of carbonyl (C=O) groups excluding carboxylic acids is 1. The van der Waals surface area contributed by atoms with Gasteiger partial charge in [-0.3, -0.25) is 9.59 Å². The maximum Gasteiger partial charge on any atom is 0.267 e. The van der Waals surface area contributed by atoms with Gasteiger partial charge in [0.05, 0.1) is 19.2 Å². The van der Waals surface area contributed by atoms with Crippen molar-refractivity contribution in [3.63, 3.8) is 0 Å². The van der Waals surface area contributed by atoms with Crippen LogP contribution in [0.5, 0.6) is 17.2 Å². The van der Waals surface area contributed by atoms with Gasteiger partial charge in [-0.25, -0.2) is 0 Å². The fourth-order valence-electron chi connectivity index (χ4n) is 4.27. The Labute approximate surface area is 166 Å². The number of aromatic nitrogens is 1. The first kappa shape index (κ1) is 17.6. The molecular formula is C22H20N2O5. The minimum atomic E-state index is -0.504. The van der Waals surface area contributed by atoms with E-state index in [1.54, 1.807) is 17.0 Å². The number of amides is 1. The molecule has 0 fully saturated rings. The average Bonchev–Trinajstić information content (AvgIpc) is 3.14. The van der Waals surface area contributed by atoms with Crippen LogP contribution in [0.15, 0.2) is 35.1 Å². The molecule has 7 heteroatoms. The van der Waals surface area contributed by atoms with Gasteiger partial charge in [0, 0.05) is 23.7 Å². The second-order valence-corrected chi connectivity index (χ2v) is 7.39. The highest BCUT2D eigenvalue weighted by molar-refractivity contribution is 6.12. The number of hydrogen-bond donors (Lipinski definition) is 1. The van der Waals surface area contributed by atoms with Crippen LogP contribution in [0, 0.1) is 6.92 Å². The van der Waals surface area contributed by atoms with Crippen LogP contribution in [0.1, 0.15) is 21.5 Å². The molecule has 2 aliphatic heterocycles. The number of hydrogen-bond acceptors (Lipinski definition) is 5. The van der Waals surface area contributed by atoms with E-state index in [0.29, 0.717) is 42.1 Å². The molecule has 1 aromatic heterocycles. The minimum absolute atomic E-state index is 0.216. The van der Waals surface area contributed by atoms with E-state index < -0.39 is 11.5 Å². The molecule has 0 saturated heterocycles. The highest BCUT2D eigenvalue weighted by atomic mass is 16.5. The maximum absolute atomic E-state index is 13.4. The van der Waals surface area contributed by atoms with Crippen molar-refractivity contribution in [2.24, 2.45) is 0 Å². The van der Waals surface area contributed by atoms with E-state index in [-0.39, 0.29) is 11.3 Å². The number of nitrogens with zero attached hydrogens (tertiary/aromatic N) is 2. The summed E-state index contributed by atoms with van der Waals surface area (Å²) in [5, 5.41) is 11.3. The van der Waals surface area contributed by atoms with Gasteiger partial charge in [-0.15, -0.1) is 0 Å². The monoisotopic (exact) mass is 392 g/mol. The van der Waals surface area contributed by atoms with Gasteiger partial charge in [0.25, 0.3) is 11.5 Å². The topological polar surface area (TPSA) is 81.0 Å². The highest BCUT2D eigenvalue weighted by Gasteiger charge is 2.32. The minimum Gasteiger partial charge on any atom is -0.506 e. The quantitative estimate of drug-likeness (QED) is 0.725. The number of aromatic hydroxyl groups is 1. The molecule has 2 aliphatic rings. The van der Waals surface area contributed by atoms with E-state index in [0.717, 1.165) is 23.2 Å². The molecule has 0 saturated carbocycles. The lowest BCUT2D eigenvalue weighted by Gasteiger charge is -2.24. The summed E-state index contributed by atoms with van der Waals surface area (Å²) in [4.78, 5) is 28.2. The number of pyridine rings is 1. The van der Waals surface area contributed by atoms with Crippen molar-refractivity contribution >= 4 is 22.5 Å². The van der Waals surface area contributed by atoms with Crippen LogP contribution in [0.3, 0.4) is 0 Å². The Morgan fingerprint density at radius 1 is 1.21 bits per heavy atom. The van der Waals surface area contributed by atoms with E-state index >= 15 is 0 Å². The summed E-state index contributed by atoms with van der Waals surface area (Å²) in [6, 6.07) is 9.18. The number of carbonyl (C=O) groups is 1. The molecule has 0 unspecified atom stereocenters. The Hall–Kier alpha value is -3.48. The van der Waals surface area contributed by atoms with Gasteiger partial charge >= 0.3 is 0 Å². The fourth-order valence-corrected chi connectivity index (χ4v) is 4.27. The predicted molar refractivity (Wildman–Crippen MR) is 108 cm³/mol. The molecule has 3 aromatic rings. The number of methoxy groups -OCH3 is 1. The van der Waals surface area contributed by atoms with Gasteiger partial charge in [0.15, 0.2) is 0 Å². The van der Waals surface area contributed by atoms with Gasteiger partial charge in [-0.1, -0.05) is 17.7 Å². The first-order valence-corrected chi connectivity index (χ1v) is 9.51. The maximum atomic E-state index is 13.4. The van der Waals surface area contributed by atoms with Crippen molar-refractivity contribution in [3.05, 3.63) is 57.4 Å². The summed E-state index contributed by atoms with van der Waals surface area (Å²) in [6.45, 7) is 3.09. The molecule has 29 heavy (non-hydrogen) atoms. The van der Waals surface area contributed by atoms with E-state index in [4.69, 9.17) is 9.47 Å². The number of ether oxygens (including phenoxy) is 2. The van der Waals surface area contributed by atoms with Crippen molar-refractivity contribution in [2.45, 2.75) is 19.9 Å². The molecule has 1 amide bonds. The molecule has 0 radical (unpaired) electrons. The number of fused-ring (bicyclic) bond motifs is 1. The Kier molecular flexibility index (Phi) is 3.81. The highest BCUT2D eigenvalue weighted by Crippen LogP contribution is 2.39. The number of anilines is 1. The zero-order valence-electron chi connectivity index (χ0n) is 16.2. The predicted octanol–water partition coefficient (Wildman–Crippen LogP) is 2.62. The molecule has 5 rings (SSSR count). The first-order chi connectivity index (χ1) is 14.0. The van der Waals surface area contributed by atoms with Crippen LogP contribution >= 0.6 is 0 Å². The van der Waals surface area contributed by atoms with Crippen LogP contribution in [0.2, 0.25) is 0 Å². The molecular weight excluding hydrogens is 372 g/mol. The second-order valence-electron chi connectivity index (χ2n) is 7.39. The van der Waals surface area contributed by atoms with E-state index in [1.165, 1.54) is 11.7 Å². The largest absolute Gasteiger partial charge is 0.506 e. The molecule has 7 nitrogen and oxygen atoms in total. The van der Waals surface area contributed by atoms with Crippen LogP contribution in [0.4, 0.5) is 5.69 Å². The fraction of sp³-hybridized carbons (Fsp3) is 0.273. The lowest BCUT2D eigenvalue weighted by Crippen LogP contribution is -2.37. The lowest BCUT2D eigenvalue weighted by molar-refractivity contribution is 0.0984. The molecule has 0 spiro atoms. The van der Waals surface area contributed by atoms with Crippen molar-refractivity contribution in [3.8, 4) is 17.2 Å². The van der Waals surface area contributed by atoms with Gasteiger partial charge in [-0.05, 0) is 31.0 Å². The zero-order valence-corrected chi connectivity index (χ0v) is 16.2. The zero-order chi connectivity index (χ0) is 20.3. The van der Waals surface area contributed by atoms with Crippen LogP contribution < -0.4 is 19.9 Å². The van der Waals surface area contributed by atoms with Crippen molar-refractivity contribution in [1.82, 2.24) is 4.57 Å². The Morgan fingerprint density at radius 3 is 2.83 bits per heavy atom. The van der Waals surface area contributed by atoms with Crippen molar-refractivity contribution < 1.29 is 19.4 Å². The third-order valence-electron chi connectivity index (χ3n) is 5.67. The summed E-state index contributed by atoms with van der Waals surface area (Å²) in [5.41, 5.74) is 2.73. The van der Waals surface area contributed by atoms with Gasteiger partial charge < -0.3 is 24.0 Å². The molecule has 0 bridgehead atoms.